The number of nitrogens with one attached hydrogen (secondary N) is 3. The highest BCUT2D eigenvalue weighted by Crippen LogP contribution is 2.18. The van der Waals surface area contributed by atoms with Crippen molar-refractivity contribution < 1.29 is 28.2 Å². The van der Waals surface area contributed by atoms with Crippen molar-refractivity contribution in [2.75, 3.05) is 31.6 Å². The number of halogens is 1. The van der Waals surface area contributed by atoms with Gasteiger partial charge in [-0.2, -0.15) is 0 Å². The molecule has 0 aliphatic rings. The van der Waals surface area contributed by atoms with Crippen molar-refractivity contribution in [3.63, 3.8) is 0 Å². The molecular weight excluding hydrogens is 381 g/mol. The molecule has 2 aromatic rings. The minimum absolute atomic E-state index is 0.0428. The molecule has 3 amide bonds. The van der Waals surface area contributed by atoms with E-state index < -0.39 is 30.3 Å². The van der Waals surface area contributed by atoms with Gasteiger partial charge in [0.05, 0.1) is 17.9 Å². The van der Waals surface area contributed by atoms with E-state index in [1.54, 1.807) is 31.2 Å². The molecule has 0 aromatic heterocycles. The van der Waals surface area contributed by atoms with E-state index >= 15 is 0 Å². The first kappa shape index (κ1) is 21.7. The maximum atomic E-state index is 13.6. The molecule has 154 valence electrons. The van der Waals surface area contributed by atoms with Gasteiger partial charge in [-0.3, -0.25) is 9.59 Å². The Hall–Kier alpha value is -3.62. The minimum Gasteiger partial charge on any atom is -0.483 e. The van der Waals surface area contributed by atoms with Crippen molar-refractivity contribution in [2.45, 2.75) is 6.92 Å². The number of benzene rings is 2. The summed E-state index contributed by atoms with van der Waals surface area (Å²) in [7, 11) is 0. The molecule has 8 nitrogen and oxygen atoms in total. The van der Waals surface area contributed by atoms with Crippen LogP contribution < -0.4 is 20.7 Å². The molecule has 9 heteroatoms. The lowest BCUT2D eigenvalue weighted by atomic mass is 10.2. The summed E-state index contributed by atoms with van der Waals surface area (Å²) in [5.41, 5.74) is 0.267. The van der Waals surface area contributed by atoms with Crippen molar-refractivity contribution >= 4 is 23.6 Å². The van der Waals surface area contributed by atoms with Gasteiger partial charge in [0.1, 0.15) is 11.6 Å². The summed E-state index contributed by atoms with van der Waals surface area (Å²) in [5, 5.41) is 7.51. The normalized spacial score (nSPS) is 10.0. The van der Waals surface area contributed by atoms with Crippen molar-refractivity contribution in [3.05, 3.63) is 59.9 Å². The Morgan fingerprint density at radius 1 is 0.966 bits per heavy atom. The van der Waals surface area contributed by atoms with Crippen LogP contribution >= 0.6 is 0 Å². The molecule has 0 saturated heterocycles. The lowest BCUT2D eigenvalue weighted by Gasteiger charge is -2.12. The molecule has 0 fully saturated rings. The molecule has 0 aliphatic heterocycles. The second kappa shape index (κ2) is 11.3. The summed E-state index contributed by atoms with van der Waals surface area (Å²) in [6, 6.07) is 12.2. The maximum Gasteiger partial charge on any atom is 0.407 e. The van der Waals surface area contributed by atoms with Gasteiger partial charge in [0.25, 0.3) is 11.8 Å². The van der Waals surface area contributed by atoms with Crippen LogP contribution in [0.3, 0.4) is 0 Å². The molecule has 0 aliphatic carbocycles. The first-order valence-corrected chi connectivity index (χ1v) is 8.96. The van der Waals surface area contributed by atoms with E-state index in [1.807, 2.05) is 0 Å². The molecule has 2 rings (SSSR count). The molecule has 0 unspecified atom stereocenters. The number of carbonyl (C=O) groups excluding carboxylic acids is 3. The summed E-state index contributed by atoms with van der Waals surface area (Å²) in [6.07, 6.45) is -0.564. The van der Waals surface area contributed by atoms with Gasteiger partial charge in [0.15, 0.2) is 6.61 Å². The third-order valence-electron chi connectivity index (χ3n) is 3.59. The number of ether oxygens (including phenoxy) is 2. The predicted octanol–water partition coefficient (Wildman–Crippen LogP) is 2.32. The molecule has 0 bridgehead atoms. The molecule has 0 radical (unpaired) electrons. The van der Waals surface area contributed by atoms with E-state index in [-0.39, 0.29) is 36.7 Å². The van der Waals surface area contributed by atoms with Crippen molar-refractivity contribution in [1.29, 1.82) is 0 Å². The van der Waals surface area contributed by atoms with Crippen molar-refractivity contribution in [3.8, 4) is 5.75 Å². The maximum absolute atomic E-state index is 13.6. The second-order valence-electron chi connectivity index (χ2n) is 5.72. The Balaban J connectivity index is 1.86. The first-order valence-electron chi connectivity index (χ1n) is 8.96. The standard InChI is InChI=1S/C20H22FN3O5/c1-2-28-20(27)23-12-11-22-19(26)14-7-3-6-10-17(14)29-13-18(25)24-16-9-5-4-8-15(16)21/h3-10H,2,11-13H2,1H3,(H,22,26)(H,23,27)(H,24,25). The number of rotatable bonds is 9. The van der Waals surface area contributed by atoms with Gasteiger partial charge in [0, 0.05) is 13.1 Å². The average Bonchev–Trinajstić information content (AvgIpc) is 2.71. The highest BCUT2D eigenvalue weighted by molar-refractivity contribution is 5.97. The number of alkyl carbamates (subject to hydrolysis) is 1. The third kappa shape index (κ3) is 7.13. The van der Waals surface area contributed by atoms with Gasteiger partial charge in [-0.15, -0.1) is 0 Å². The zero-order chi connectivity index (χ0) is 21.1. The van der Waals surface area contributed by atoms with Gasteiger partial charge in [-0.05, 0) is 31.2 Å². The number of hydrogen-bond acceptors (Lipinski definition) is 5. The van der Waals surface area contributed by atoms with Crippen LogP contribution in [0.4, 0.5) is 14.9 Å². The van der Waals surface area contributed by atoms with Gasteiger partial charge in [0.2, 0.25) is 0 Å². The second-order valence-corrected chi connectivity index (χ2v) is 5.72. The SMILES string of the molecule is CCOC(=O)NCCNC(=O)c1ccccc1OCC(=O)Nc1ccccc1F. The zero-order valence-corrected chi connectivity index (χ0v) is 15.9. The van der Waals surface area contributed by atoms with Crippen LogP contribution in [-0.2, 0) is 9.53 Å². The lowest BCUT2D eigenvalue weighted by Crippen LogP contribution is -2.35. The Morgan fingerprint density at radius 2 is 1.66 bits per heavy atom. The van der Waals surface area contributed by atoms with Crippen LogP contribution in [0.25, 0.3) is 0 Å². The van der Waals surface area contributed by atoms with Crippen LogP contribution in [0.2, 0.25) is 0 Å². The van der Waals surface area contributed by atoms with Gasteiger partial charge >= 0.3 is 6.09 Å². The van der Waals surface area contributed by atoms with Crippen LogP contribution in [0.5, 0.6) is 5.75 Å². The Morgan fingerprint density at radius 3 is 2.41 bits per heavy atom. The zero-order valence-electron chi connectivity index (χ0n) is 15.9. The molecule has 0 spiro atoms. The summed E-state index contributed by atoms with van der Waals surface area (Å²) in [6.45, 7) is 1.92. The highest BCUT2D eigenvalue weighted by atomic mass is 19.1. The van der Waals surface area contributed by atoms with Crippen LogP contribution in [0.1, 0.15) is 17.3 Å². The van der Waals surface area contributed by atoms with Crippen molar-refractivity contribution in [1.82, 2.24) is 10.6 Å². The van der Waals surface area contributed by atoms with E-state index in [1.165, 1.54) is 24.3 Å². The molecule has 3 N–H and O–H groups in total. The topological polar surface area (TPSA) is 106 Å². The predicted molar refractivity (Wildman–Crippen MR) is 104 cm³/mol. The van der Waals surface area contributed by atoms with E-state index in [0.717, 1.165) is 0 Å². The fourth-order valence-corrected chi connectivity index (χ4v) is 2.29. The quantitative estimate of drug-likeness (QED) is 0.557. The van der Waals surface area contributed by atoms with Gasteiger partial charge in [-0.1, -0.05) is 24.3 Å². The number of carbonyl (C=O) groups is 3. The largest absolute Gasteiger partial charge is 0.483 e. The van der Waals surface area contributed by atoms with E-state index in [2.05, 4.69) is 16.0 Å². The number of hydrogen-bond donors (Lipinski definition) is 3. The molecule has 29 heavy (non-hydrogen) atoms. The Kier molecular flexibility index (Phi) is 8.43. The summed E-state index contributed by atoms with van der Waals surface area (Å²) in [5.74, 6) is -1.35. The number of para-hydroxylation sites is 2. The Labute approximate surface area is 167 Å². The fraction of sp³-hybridized carbons (Fsp3) is 0.250. The third-order valence-corrected chi connectivity index (χ3v) is 3.59. The monoisotopic (exact) mass is 403 g/mol. The fourth-order valence-electron chi connectivity index (χ4n) is 2.29. The van der Waals surface area contributed by atoms with Crippen LogP contribution in [0, 0.1) is 5.82 Å². The Bertz CT molecular complexity index is 860. The van der Waals surface area contributed by atoms with Crippen LogP contribution in [-0.4, -0.2) is 44.2 Å². The smallest absolute Gasteiger partial charge is 0.407 e. The molecule has 0 heterocycles. The van der Waals surface area contributed by atoms with Gasteiger partial charge in [-0.25, -0.2) is 9.18 Å². The number of amides is 3. The van der Waals surface area contributed by atoms with Crippen molar-refractivity contribution in [2.24, 2.45) is 0 Å². The van der Waals surface area contributed by atoms with Crippen LogP contribution in [0.15, 0.2) is 48.5 Å². The average molecular weight is 403 g/mol. The molecule has 2 aromatic carbocycles. The summed E-state index contributed by atoms with van der Waals surface area (Å²) < 4.78 is 23.7. The van der Waals surface area contributed by atoms with E-state index in [9.17, 15) is 18.8 Å². The highest BCUT2D eigenvalue weighted by Gasteiger charge is 2.14. The minimum atomic E-state index is -0.566. The van der Waals surface area contributed by atoms with E-state index in [4.69, 9.17) is 9.47 Å². The van der Waals surface area contributed by atoms with Gasteiger partial charge < -0.3 is 25.4 Å². The molecule has 0 saturated carbocycles. The summed E-state index contributed by atoms with van der Waals surface area (Å²) in [4.78, 5) is 35.5. The lowest BCUT2D eigenvalue weighted by molar-refractivity contribution is -0.118. The molecular formula is C20H22FN3O5. The number of anilines is 1. The molecule has 0 atom stereocenters. The first-order chi connectivity index (χ1) is 14.0. The van der Waals surface area contributed by atoms with E-state index in [0.29, 0.717) is 0 Å². The summed E-state index contributed by atoms with van der Waals surface area (Å²) >= 11 is 0.